The molecule has 104 valence electrons. The van der Waals surface area contributed by atoms with Gasteiger partial charge in [0, 0.05) is 0 Å². The number of hydrogen-bond donors (Lipinski definition) is 1. The molecular weight excluding hydrogens is 248 g/mol. The first-order valence-corrected chi connectivity index (χ1v) is 9.59. The van der Waals surface area contributed by atoms with Crippen molar-refractivity contribution in [3.63, 3.8) is 0 Å². The van der Waals surface area contributed by atoms with E-state index in [9.17, 15) is 4.79 Å². The SMILES string of the molecule is CC(C)(C)[Si](C)(C)O[C@H]1C[C@@H](C(=O)O)C[C@@H]2O[C@@H]21. The second kappa shape index (κ2) is 4.32. The maximum absolute atomic E-state index is 11.1. The second-order valence-electron chi connectivity index (χ2n) is 7.06. The molecule has 1 heterocycles. The minimum Gasteiger partial charge on any atom is -0.481 e. The fourth-order valence-electron chi connectivity index (χ4n) is 2.34. The fourth-order valence-corrected chi connectivity index (χ4v) is 3.68. The van der Waals surface area contributed by atoms with Gasteiger partial charge in [-0.2, -0.15) is 0 Å². The molecule has 4 nitrogen and oxygen atoms in total. The van der Waals surface area contributed by atoms with Crippen LogP contribution in [0, 0.1) is 5.92 Å². The molecule has 0 unspecified atom stereocenters. The summed E-state index contributed by atoms with van der Waals surface area (Å²) in [4.78, 5) is 11.1. The third-order valence-electron chi connectivity index (χ3n) is 4.62. The topological polar surface area (TPSA) is 59.1 Å². The lowest BCUT2D eigenvalue weighted by atomic mass is 9.87. The molecule has 0 aromatic heterocycles. The summed E-state index contributed by atoms with van der Waals surface area (Å²) in [6.45, 7) is 11.0. The molecule has 1 aliphatic heterocycles. The van der Waals surface area contributed by atoms with Crippen LogP contribution in [0.2, 0.25) is 18.1 Å². The predicted octanol–water partition coefficient (Wildman–Crippen LogP) is 2.64. The number of aliphatic carboxylic acids is 1. The highest BCUT2D eigenvalue weighted by Gasteiger charge is 2.54. The van der Waals surface area contributed by atoms with Crippen LogP contribution >= 0.6 is 0 Å². The van der Waals surface area contributed by atoms with Crippen molar-refractivity contribution >= 4 is 14.3 Å². The Morgan fingerprint density at radius 3 is 2.44 bits per heavy atom. The van der Waals surface area contributed by atoms with E-state index in [-0.39, 0.29) is 29.3 Å². The molecule has 1 N–H and O–H groups in total. The summed E-state index contributed by atoms with van der Waals surface area (Å²) in [6.07, 6.45) is 1.50. The van der Waals surface area contributed by atoms with E-state index in [1.807, 2.05) is 0 Å². The van der Waals surface area contributed by atoms with Gasteiger partial charge in [0.15, 0.2) is 8.32 Å². The van der Waals surface area contributed by atoms with Crippen LogP contribution in [-0.2, 0) is 14.0 Å². The average Bonchev–Trinajstić information content (AvgIpc) is 2.93. The summed E-state index contributed by atoms with van der Waals surface area (Å²) < 4.78 is 11.9. The van der Waals surface area contributed by atoms with Crippen molar-refractivity contribution in [1.82, 2.24) is 0 Å². The molecule has 1 saturated carbocycles. The number of hydrogen-bond acceptors (Lipinski definition) is 3. The van der Waals surface area contributed by atoms with Gasteiger partial charge < -0.3 is 14.3 Å². The Morgan fingerprint density at radius 1 is 1.33 bits per heavy atom. The van der Waals surface area contributed by atoms with Crippen molar-refractivity contribution in [3.05, 3.63) is 0 Å². The molecular formula is C13H24O4Si. The summed E-state index contributed by atoms with van der Waals surface area (Å²) >= 11 is 0. The smallest absolute Gasteiger partial charge is 0.306 e. The Labute approximate surface area is 110 Å². The lowest BCUT2D eigenvalue weighted by molar-refractivity contribution is -0.143. The van der Waals surface area contributed by atoms with Gasteiger partial charge in [0.1, 0.15) is 6.10 Å². The van der Waals surface area contributed by atoms with Crippen LogP contribution < -0.4 is 0 Å². The Bertz CT molecular complexity index is 347. The van der Waals surface area contributed by atoms with Crippen molar-refractivity contribution in [1.29, 1.82) is 0 Å². The van der Waals surface area contributed by atoms with E-state index in [0.29, 0.717) is 12.8 Å². The maximum atomic E-state index is 11.1. The minimum atomic E-state index is -1.84. The Hall–Kier alpha value is -0.393. The largest absolute Gasteiger partial charge is 0.481 e. The highest BCUT2D eigenvalue weighted by atomic mass is 28.4. The Morgan fingerprint density at radius 2 is 1.94 bits per heavy atom. The van der Waals surface area contributed by atoms with Crippen LogP contribution in [0.25, 0.3) is 0 Å². The van der Waals surface area contributed by atoms with Crippen LogP contribution in [-0.4, -0.2) is 37.7 Å². The van der Waals surface area contributed by atoms with Gasteiger partial charge in [-0.25, -0.2) is 0 Å². The van der Waals surface area contributed by atoms with Crippen molar-refractivity contribution in [2.24, 2.45) is 5.92 Å². The van der Waals surface area contributed by atoms with Gasteiger partial charge in [0.25, 0.3) is 0 Å². The number of carboxylic acids is 1. The van der Waals surface area contributed by atoms with Gasteiger partial charge in [0.2, 0.25) is 0 Å². The molecule has 0 aromatic rings. The van der Waals surface area contributed by atoms with Gasteiger partial charge in [0.05, 0.1) is 18.1 Å². The lowest BCUT2D eigenvalue weighted by Crippen LogP contribution is -2.47. The summed E-state index contributed by atoms with van der Waals surface area (Å²) in [5.74, 6) is -1.02. The van der Waals surface area contributed by atoms with E-state index in [0.717, 1.165) is 0 Å². The third-order valence-corrected chi connectivity index (χ3v) is 9.13. The standard InChI is InChI=1S/C13H24O4Si/c1-13(2,3)18(4,5)17-10-7-8(12(14)15)6-9-11(10)16-9/h8-11H,6-7H2,1-5H3,(H,14,15)/t8-,9-,10-,11-/m0/s1. The van der Waals surface area contributed by atoms with Crippen LogP contribution in [0.5, 0.6) is 0 Å². The number of epoxide rings is 1. The Kier molecular flexibility index (Phi) is 3.36. The van der Waals surface area contributed by atoms with Gasteiger partial charge >= 0.3 is 5.97 Å². The number of ether oxygens (including phenoxy) is 1. The molecule has 0 amide bonds. The minimum absolute atomic E-state index is 0.0225. The predicted molar refractivity (Wildman–Crippen MR) is 71.1 cm³/mol. The zero-order valence-corrected chi connectivity index (χ0v) is 12.9. The highest BCUT2D eigenvalue weighted by Crippen LogP contribution is 2.45. The summed E-state index contributed by atoms with van der Waals surface area (Å²) in [5, 5.41) is 9.30. The van der Waals surface area contributed by atoms with E-state index in [1.165, 1.54) is 0 Å². The molecule has 18 heavy (non-hydrogen) atoms. The molecule has 0 aromatic carbocycles. The van der Waals surface area contributed by atoms with E-state index in [4.69, 9.17) is 14.3 Å². The monoisotopic (exact) mass is 272 g/mol. The van der Waals surface area contributed by atoms with Crippen LogP contribution in [0.15, 0.2) is 0 Å². The molecule has 1 aliphatic carbocycles. The first-order valence-electron chi connectivity index (χ1n) is 6.68. The van der Waals surface area contributed by atoms with Gasteiger partial charge in [-0.3, -0.25) is 4.79 Å². The van der Waals surface area contributed by atoms with Crippen molar-refractivity contribution in [2.45, 2.75) is 70.1 Å². The first-order chi connectivity index (χ1) is 8.12. The number of rotatable bonds is 3. The molecule has 0 bridgehead atoms. The maximum Gasteiger partial charge on any atom is 0.306 e. The summed E-state index contributed by atoms with van der Waals surface area (Å²) in [6, 6.07) is 0. The molecule has 2 fully saturated rings. The summed E-state index contributed by atoms with van der Waals surface area (Å²) in [5.41, 5.74) is 0. The highest BCUT2D eigenvalue weighted by molar-refractivity contribution is 6.74. The van der Waals surface area contributed by atoms with Crippen molar-refractivity contribution < 1.29 is 19.1 Å². The van der Waals surface area contributed by atoms with Crippen molar-refractivity contribution in [2.75, 3.05) is 0 Å². The summed E-state index contributed by atoms with van der Waals surface area (Å²) in [7, 11) is -1.84. The van der Waals surface area contributed by atoms with Crippen LogP contribution in [0.4, 0.5) is 0 Å². The molecule has 2 aliphatic rings. The van der Waals surface area contributed by atoms with Gasteiger partial charge in [-0.1, -0.05) is 20.8 Å². The van der Waals surface area contributed by atoms with E-state index >= 15 is 0 Å². The van der Waals surface area contributed by atoms with Crippen LogP contribution in [0.3, 0.4) is 0 Å². The average molecular weight is 272 g/mol. The van der Waals surface area contributed by atoms with Gasteiger partial charge in [-0.15, -0.1) is 0 Å². The lowest BCUT2D eigenvalue weighted by Gasteiger charge is -2.40. The second-order valence-corrected chi connectivity index (χ2v) is 11.8. The molecule has 1 saturated heterocycles. The Balaban J connectivity index is 2.03. The van der Waals surface area contributed by atoms with Crippen LogP contribution in [0.1, 0.15) is 33.6 Å². The first kappa shape index (κ1) is 14.0. The third kappa shape index (κ3) is 2.63. The van der Waals surface area contributed by atoms with Gasteiger partial charge in [-0.05, 0) is 31.0 Å². The quantitative estimate of drug-likeness (QED) is 0.634. The van der Waals surface area contributed by atoms with E-state index in [2.05, 4.69) is 33.9 Å². The van der Waals surface area contributed by atoms with Crippen molar-refractivity contribution in [3.8, 4) is 0 Å². The van der Waals surface area contributed by atoms with E-state index < -0.39 is 14.3 Å². The normalized spacial score (nSPS) is 36.1. The molecule has 0 radical (unpaired) electrons. The molecule has 4 atom stereocenters. The van der Waals surface area contributed by atoms with E-state index in [1.54, 1.807) is 0 Å². The molecule has 0 spiro atoms. The fraction of sp³-hybridized carbons (Fsp3) is 0.923. The number of carboxylic acid groups (broad SMARTS) is 1. The molecule has 2 rings (SSSR count). The molecule has 5 heteroatoms. The number of carbonyl (C=O) groups is 1. The zero-order chi connectivity index (χ0) is 13.7. The zero-order valence-electron chi connectivity index (χ0n) is 11.9. The number of fused-ring (bicyclic) bond motifs is 1.